The molecule has 0 bridgehead atoms. The van der Waals surface area contributed by atoms with E-state index >= 15 is 0 Å². The minimum Gasteiger partial charge on any atom is -0.342 e. The summed E-state index contributed by atoms with van der Waals surface area (Å²) in [6.07, 6.45) is 13.7. The van der Waals surface area contributed by atoms with Gasteiger partial charge in [0, 0.05) is 31.7 Å². The van der Waals surface area contributed by atoms with E-state index in [9.17, 15) is 4.79 Å². The molecule has 0 aromatic carbocycles. The summed E-state index contributed by atoms with van der Waals surface area (Å²) in [4.78, 5) is 14.7. The molecular weight excluding hydrogens is 300 g/mol. The predicted octanol–water partition coefficient (Wildman–Crippen LogP) is 3.44. The van der Waals surface area contributed by atoms with Gasteiger partial charge in [-0.2, -0.15) is 0 Å². The second-order valence-electron chi connectivity index (χ2n) is 7.64. The van der Waals surface area contributed by atoms with Gasteiger partial charge in [0.2, 0.25) is 5.91 Å². The summed E-state index contributed by atoms with van der Waals surface area (Å²) < 4.78 is 2.01. The van der Waals surface area contributed by atoms with Crippen molar-refractivity contribution >= 4 is 5.91 Å². The lowest BCUT2D eigenvalue weighted by molar-refractivity contribution is -0.138. The van der Waals surface area contributed by atoms with Gasteiger partial charge in [0.25, 0.3) is 0 Å². The predicted molar refractivity (Wildman–Crippen MR) is 94.5 cm³/mol. The van der Waals surface area contributed by atoms with Crippen molar-refractivity contribution in [2.75, 3.05) is 13.1 Å². The summed E-state index contributed by atoms with van der Waals surface area (Å²) in [6.45, 7) is 5.01. The van der Waals surface area contributed by atoms with Crippen LogP contribution in [0.1, 0.15) is 70.4 Å². The van der Waals surface area contributed by atoms with E-state index in [1.54, 1.807) is 0 Å². The Labute approximate surface area is 145 Å². The monoisotopic (exact) mass is 332 g/mol. The zero-order chi connectivity index (χ0) is 16.8. The lowest BCUT2D eigenvalue weighted by Crippen LogP contribution is -2.42. The van der Waals surface area contributed by atoms with Crippen LogP contribution in [0.2, 0.25) is 0 Å². The van der Waals surface area contributed by atoms with E-state index in [1.807, 2.05) is 4.68 Å². The first-order chi connectivity index (χ1) is 11.8. The summed E-state index contributed by atoms with van der Waals surface area (Å²) in [5.41, 5.74) is 1.11. The molecule has 2 fully saturated rings. The third kappa shape index (κ3) is 4.58. The normalized spacial score (nSPS) is 20.5. The third-order valence-electron chi connectivity index (χ3n) is 5.70. The Morgan fingerprint density at radius 2 is 1.92 bits per heavy atom. The number of aromatic nitrogens is 3. The average molecular weight is 332 g/mol. The Morgan fingerprint density at radius 3 is 2.62 bits per heavy atom. The molecule has 0 spiro atoms. The Balaban J connectivity index is 1.43. The lowest BCUT2D eigenvalue weighted by atomic mass is 9.87. The summed E-state index contributed by atoms with van der Waals surface area (Å²) in [5, 5.41) is 8.55. The number of unbranched alkanes of at least 4 members (excludes halogenated alkanes) is 1. The molecule has 1 saturated carbocycles. The number of amides is 1. The van der Waals surface area contributed by atoms with Crippen LogP contribution in [-0.4, -0.2) is 38.9 Å². The zero-order valence-electron chi connectivity index (χ0n) is 15.1. The number of rotatable bonds is 6. The van der Waals surface area contributed by atoms with E-state index in [-0.39, 0.29) is 0 Å². The molecule has 1 aliphatic heterocycles. The summed E-state index contributed by atoms with van der Waals surface area (Å²) in [6, 6.07) is 0. The molecule has 0 unspecified atom stereocenters. The topological polar surface area (TPSA) is 51.0 Å². The number of aryl methyl sites for hydroxylation is 1. The van der Waals surface area contributed by atoms with Crippen LogP contribution in [0.15, 0.2) is 6.20 Å². The first-order valence-corrected chi connectivity index (χ1v) is 9.94. The van der Waals surface area contributed by atoms with Gasteiger partial charge in [0.05, 0.1) is 5.69 Å². The molecule has 0 N–H and O–H groups in total. The number of nitrogens with zero attached hydrogens (tertiary/aromatic N) is 4. The van der Waals surface area contributed by atoms with Crippen molar-refractivity contribution in [2.24, 2.45) is 11.8 Å². The quantitative estimate of drug-likeness (QED) is 0.802. The van der Waals surface area contributed by atoms with Crippen molar-refractivity contribution in [3.05, 3.63) is 11.9 Å². The Bertz CT molecular complexity index is 513. The molecule has 1 amide bonds. The number of likely N-dealkylation sites (tertiary alicyclic amines) is 1. The van der Waals surface area contributed by atoms with Crippen molar-refractivity contribution in [1.29, 1.82) is 0 Å². The van der Waals surface area contributed by atoms with E-state index < -0.39 is 0 Å². The van der Waals surface area contributed by atoms with Gasteiger partial charge in [0.15, 0.2) is 0 Å². The smallest absolute Gasteiger partial charge is 0.225 e. The Kier molecular flexibility index (Phi) is 6.27. The van der Waals surface area contributed by atoms with Gasteiger partial charge in [-0.15, -0.1) is 5.10 Å². The molecule has 0 radical (unpaired) electrons. The molecular formula is C19H32N4O. The molecule has 2 heterocycles. The molecule has 1 saturated heterocycles. The maximum Gasteiger partial charge on any atom is 0.225 e. The summed E-state index contributed by atoms with van der Waals surface area (Å²) in [5.74, 6) is 1.36. The number of hydrogen-bond donors (Lipinski definition) is 0. The van der Waals surface area contributed by atoms with Crippen LogP contribution < -0.4 is 0 Å². The maximum atomic E-state index is 12.6. The molecule has 1 aromatic heterocycles. The van der Waals surface area contributed by atoms with E-state index in [4.69, 9.17) is 0 Å². The standard InChI is InChI=1S/C19H32N4O/c1-2-3-9-18-15-23(21-20-18)14-16-10-12-22(13-11-16)19(24)17-7-5-4-6-8-17/h15-17H,2-14H2,1H3. The second kappa shape index (κ2) is 8.63. The highest BCUT2D eigenvalue weighted by Crippen LogP contribution is 2.27. The van der Waals surface area contributed by atoms with Crippen LogP contribution in [-0.2, 0) is 17.8 Å². The van der Waals surface area contributed by atoms with Gasteiger partial charge in [0.1, 0.15) is 0 Å². The summed E-state index contributed by atoms with van der Waals surface area (Å²) in [7, 11) is 0. The van der Waals surface area contributed by atoms with E-state index in [0.29, 0.717) is 17.7 Å². The molecule has 3 rings (SSSR count). The van der Waals surface area contributed by atoms with E-state index in [2.05, 4.69) is 28.3 Å². The number of hydrogen-bond acceptors (Lipinski definition) is 3. The van der Waals surface area contributed by atoms with Crippen LogP contribution in [0.4, 0.5) is 0 Å². The molecule has 24 heavy (non-hydrogen) atoms. The lowest BCUT2D eigenvalue weighted by Gasteiger charge is -2.35. The molecule has 134 valence electrons. The fourth-order valence-electron chi connectivity index (χ4n) is 4.11. The number of carbonyl (C=O) groups excluding carboxylic acids is 1. The van der Waals surface area contributed by atoms with Crippen LogP contribution in [0.25, 0.3) is 0 Å². The molecule has 0 atom stereocenters. The minimum atomic E-state index is 0.312. The van der Waals surface area contributed by atoms with Crippen molar-refractivity contribution in [3.63, 3.8) is 0 Å². The maximum absolute atomic E-state index is 12.6. The third-order valence-corrected chi connectivity index (χ3v) is 5.70. The highest BCUT2D eigenvalue weighted by atomic mass is 16.2. The van der Waals surface area contributed by atoms with Gasteiger partial charge in [-0.3, -0.25) is 9.48 Å². The first-order valence-electron chi connectivity index (χ1n) is 9.94. The average Bonchev–Trinajstić information content (AvgIpc) is 3.08. The van der Waals surface area contributed by atoms with Gasteiger partial charge in [-0.1, -0.05) is 37.8 Å². The largest absolute Gasteiger partial charge is 0.342 e. The van der Waals surface area contributed by atoms with Crippen LogP contribution in [0, 0.1) is 11.8 Å². The highest BCUT2D eigenvalue weighted by molar-refractivity contribution is 5.79. The van der Waals surface area contributed by atoms with Crippen LogP contribution in [0.5, 0.6) is 0 Å². The second-order valence-corrected chi connectivity index (χ2v) is 7.64. The van der Waals surface area contributed by atoms with Gasteiger partial charge in [-0.25, -0.2) is 0 Å². The fraction of sp³-hybridized carbons (Fsp3) is 0.842. The number of carbonyl (C=O) groups is 1. The van der Waals surface area contributed by atoms with Gasteiger partial charge >= 0.3 is 0 Å². The number of piperidine rings is 1. The highest BCUT2D eigenvalue weighted by Gasteiger charge is 2.29. The van der Waals surface area contributed by atoms with Gasteiger partial charge < -0.3 is 4.90 Å². The minimum absolute atomic E-state index is 0.312. The molecule has 2 aliphatic rings. The van der Waals surface area contributed by atoms with Crippen LogP contribution in [0.3, 0.4) is 0 Å². The molecule has 5 nitrogen and oxygen atoms in total. The van der Waals surface area contributed by atoms with Crippen molar-refractivity contribution in [1.82, 2.24) is 19.9 Å². The SMILES string of the molecule is CCCCc1cn(CC2CCN(C(=O)C3CCCCC3)CC2)nn1. The van der Waals surface area contributed by atoms with Gasteiger partial charge in [-0.05, 0) is 44.4 Å². The zero-order valence-corrected chi connectivity index (χ0v) is 15.1. The Hall–Kier alpha value is -1.39. The molecule has 1 aromatic rings. The summed E-state index contributed by atoms with van der Waals surface area (Å²) >= 11 is 0. The van der Waals surface area contributed by atoms with Crippen LogP contribution >= 0.6 is 0 Å². The first kappa shape index (κ1) is 17.4. The van der Waals surface area contributed by atoms with E-state index in [0.717, 1.165) is 57.4 Å². The van der Waals surface area contributed by atoms with Crippen molar-refractivity contribution < 1.29 is 4.79 Å². The van der Waals surface area contributed by atoms with Crippen molar-refractivity contribution in [3.8, 4) is 0 Å². The molecule has 5 heteroatoms. The van der Waals surface area contributed by atoms with E-state index in [1.165, 1.54) is 32.1 Å². The fourth-order valence-corrected chi connectivity index (χ4v) is 4.11. The van der Waals surface area contributed by atoms with Crippen molar-refractivity contribution in [2.45, 2.75) is 77.7 Å². The Morgan fingerprint density at radius 1 is 1.17 bits per heavy atom. The molecule has 1 aliphatic carbocycles.